The minimum atomic E-state index is -0.0557. The van der Waals surface area contributed by atoms with Crippen LogP contribution in [0.1, 0.15) is 12.0 Å². The van der Waals surface area contributed by atoms with Gasteiger partial charge in [0.05, 0.1) is 19.2 Å². The van der Waals surface area contributed by atoms with Gasteiger partial charge in [-0.2, -0.15) is 5.10 Å². The predicted molar refractivity (Wildman–Crippen MR) is 69.8 cm³/mol. The second-order valence-corrected chi connectivity index (χ2v) is 4.20. The molecule has 0 bridgehead atoms. The minimum absolute atomic E-state index is 0.0557. The zero-order valence-electron chi connectivity index (χ0n) is 9.93. The number of fused-ring (bicyclic) bond motifs is 1. The van der Waals surface area contributed by atoms with Crippen LogP contribution in [0.25, 0.3) is 10.8 Å². The van der Waals surface area contributed by atoms with Crippen molar-refractivity contribution in [2.75, 3.05) is 7.11 Å². The highest BCUT2D eigenvalue weighted by Gasteiger charge is 2.16. The SMILES string of the molecule is COc1ccc2cc(C3=NNC(=O)C3)ccc2c1. The number of benzene rings is 2. The molecule has 4 nitrogen and oxygen atoms in total. The number of carbonyl (C=O) groups is 1. The fourth-order valence-corrected chi connectivity index (χ4v) is 2.06. The van der Waals surface area contributed by atoms with Gasteiger partial charge in [0.15, 0.2) is 0 Å². The summed E-state index contributed by atoms with van der Waals surface area (Å²) in [6.07, 6.45) is 0.349. The number of ether oxygens (including phenoxy) is 1. The molecule has 1 aliphatic rings. The molecule has 0 unspecified atom stereocenters. The third kappa shape index (κ3) is 1.82. The van der Waals surface area contributed by atoms with Gasteiger partial charge < -0.3 is 4.74 Å². The van der Waals surface area contributed by atoms with Crippen LogP contribution >= 0.6 is 0 Å². The van der Waals surface area contributed by atoms with E-state index in [1.54, 1.807) is 7.11 Å². The summed E-state index contributed by atoms with van der Waals surface area (Å²) in [5, 5.41) is 6.23. The smallest absolute Gasteiger partial charge is 0.246 e. The first-order valence-corrected chi connectivity index (χ1v) is 5.70. The van der Waals surface area contributed by atoms with Gasteiger partial charge >= 0.3 is 0 Å². The van der Waals surface area contributed by atoms with Gasteiger partial charge in [-0.05, 0) is 34.5 Å². The van der Waals surface area contributed by atoms with Gasteiger partial charge in [0.1, 0.15) is 5.75 Å². The monoisotopic (exact) mass is 240 g/mol. The lowest BCUT2D eigenvalue weighted by molar-refractivity contribution is -0.119. The van der Waals surface area contributed by atoms with Crippen molar-refractivity contribution in [1.29, 1.82) is 0 Å². The van der Waals surface area contributed by atoms with E-state index < -0.39 is 0 Å². The average molecular weight is 240 g/mol. The number of hydrazone groups is 1. The molecular formula is C14H12N2O2. The van der Waals surface area contributed by atoms with E-state index in [0.29, 0.717) is 6.42 Å². The molecule has 1 heterocycles. The Hall–Kier alpha value is -2.36. The number of hydrogen-bond donors (Lipinski definition) is 1. The molecule has 0 fully saturated rings. The normalized spacial score (nSPS) is 14.5. The Morgan fingerprint density at radius 1 is 1.17 bits per heavy atom. The Morgan fingerprint density at radius 3 is 2.67 bits per heavy atom. The molecule has 0 saturated carbocycles. The first-order valence-electron chi connectivity index (χ1n) is 5.70. The lowest BCUT2D eigenvalue weighted by Gasteiger charge is -2.04. The zero-order chi connectivity index (χ0) is 12.5. The highest BCUT2D eigenvalue weighted by atomic mass is 16.5. The van der Waals surface area contributed by atoms with Crippen LogP contribution in [0.2, 0.25) is 0 Å². The maximum absolute atomic E-state index is 11.1. The van der Waals surface area contributed by atoms with E-state index in [9.17, 15) is 4.79 Å². The van der Waals surface area contributed by atoms with Crippen LogP contribution < -0.4 is 10.2 Å². The molecule has 18 heavy (non-hydrogen) atoms. The number of amides is 1. The molecule has 2 aromatic rings. The summed E-state index contributed by atoms with van der Waals surface area (Å²) in [4.78, 5) is 11.1. The quantitative estimate of drug-likeness (QED) is 0.873. The summed E-state index contributed by atoms with van der Waals surface area (Å²) < 4.78 is 5.19. The fourth-order valence-electron chi connectivity index (χ4n) is 2.06. The van der Waals surface area contributed by atoms with Gasteiger partial charge in [-0.3, -0.25) is 4.79 Å². The van der Waals surface area contributed by atoms with E-state index >= 15 is 0 Å². The van der Waals surface area contributed by atoms with Crippen molar-refractivity contribution in [1.82, 2.24) is 5.43 Å². The average Bonchev–Trinajstić information content (AvgIpc) is 2.84. The van der Waals surface area contributed by atoms with Crippen molar-refractivity contribution in [3.05, 3.63) is 42.0 Å². The molecule has 2 aromatic carbocycles. The van der Waals surface area contributed by atoms with Crippen LogP contribution in [-0.2, 0) is 4.79 Å². The molecule has 1 amide bonds. The van der Waals surface area contributed by atoms with E-state index in [2.05, 4.69) is 10.5 Å². The predicted octanol–water partition coefficient (Wildman–Crippen LogP) is 2.07. The molecule has 4 heteroatoms. The van der Waals surface area contributed by atoms with E-state index in [-0.39, 0.29) is 5.91 Å². The summed E-state index contributed by atoms with van der Waals surface area (Å²) in [5.41, 5.74) is 4.23. The Kier molecular flexibility index (Phi) is 2.48. The summed E-state index contributed by atoms with van der Waals surface area (Å²) >= 11 is 0. The van der Waals surface area contributed by atoms with Crippen molar-refractivity contribution < 1.29 is 9.53 Å². The molecule has 0 aliphatic carbocycles. The Morgan fingerprint density at radius 2 is 1.94 bits per heavy atom. The lowest BCUT2D eigenvalue weighted by Crippen LogP contribution is -2.09. The number of hydrogen-bond acceptors (Lipinski definition) is 3. The molecule has 0 saturated heterocycles. The number of nitrogens with zero attached hydrogens (tertiary/aromatic N) is 1. The zero-order valence-corrected chi connectivity index (χ0v) is 9.93. The topological polar surface area (TPSA) is 50.7 Å². The van der Waals surface area contributed by atoms with Gasteiger partial charge in [0.2, 0.25) is 5.91 Å². The molecule has 0 atom stereocenters. The highest BCUT2D eigenvalue weighted by Crippen LogP contribution is 2.22. The van der Waals surface area contributed by atoms with E-state index in [0.717, 1.165) is 27.8 Å². The van der Waals surface area contributed by atoms with E-state index in [4.69, 9.17) is 4.74 Å². The second kappa shape index (κ2) is 4.14. The largest absolute Gasteiger partial charge is 0.497 e. The van der Waals surface area contributed by atoms with Crippen molar-refractivity contribution in [3.63, 3.8) is 0 Å². The first kappa shape index (κ1) is 10.8. The minimum Gasteiger partial charge on any atom is -0.497 e. The summed E-state index contributed by atoms with van der Waals surface area (Å²) in [7, 11) is 1.65. The fraction of sp³-hybridized carbons (Fsp3) is 0.143. The van der Waals surface area contributed by atoms with Crippen LogP contribution in [0.4, 0.5) is 0 Å². The number of carbonyl (C=O) groups excluding carboxylic acids is 1. The van der Waals surface area contributed by atoms with Gasteiger partial charge in [-0.1, -0.05) is 18.2 Å². The van der Waals surface area contributed by atoms with E-state index in [1.165, 1.54) is 0 Å². The van der Waals surface area contributed by atoms with Gasteiger partial charge in [-0.15, -0.1) is 0 Å². The molecule has 1 N–H and O–H groups in total. The maximum Gasteiger partial charge on any atom is 0.246 e. The van der Waals surface area contributed by atoms with Crippen LogP contribution in [0.15, 0.2) is 41.5 Å². The maximum atomic E-state index is 11.1. The summed E-state index contributed by atoms with van der Waals surface area (Å²) in [5.74, 6) is 0.783. The number of methoxy groups -OCH3 is 1. The molecule has 3 rings (SSSR count). The summed E-state index contributed by atoms with van der Waals surface area (Å²) in [6, 6.07) is 11.9. The van der Waals surface area contributed by atoms with Crippen molar-refractivity contribution >= 4 is 22.4 Å². The van der Waals surface area contributed by atoms with Crippen molar-refractivity contribution in [2.24, 2.45) is 5.10 Å². The van der Waals surface area contributed by atoms with Crippen LogP contribution in [0.5, 0.6) is 5.75 Å². The highest BCUT2D eigenvalue weighted by molar-refractivity contribution is 6.14. The molecule has 1 aliphatic heterocycles. The van der Waals surface area contributed by atoms with Gasteiger partial charge in [0.25, 0.3) is 0 Å². The van der Waals surface area contributed by atoms with Gasteiger partial charge in [-0.25, -0.2) is 5.43 Å². The number of nitrogens with one attached hydrogen (secondary N) is 1. The molecule has 0 spiro atoms. The molecular weight excluding hydrogens is 228 g/mol. The van der Waals surface area contributed by atoms with Crippen molar-refractivity contribution in [3.8, 4) is 5.75 Å². The van der Waals surface area contributed by atoms with Gasteiger partial charge in [0, 0.05) is 0 Å². The Balaban J connectivity index is 2.04. The van der Waals surface area contributed by atoms with E-state index in [1.807, 2.05) is 36.4 Å². The van der Waals surface area contributed by atoms with Crippen LogP contribution in [0, 0.1) is 0 Å². The Labute approximate surface area is 104 Å². The van der Waals surface area contributed by atoms with Crippen LogP contribution in [-0.4, -0.2) is 18.7 Å². The molecule has 90 valence electrons. The molecule has 0 radical (unpaired) electrons. The third-order valence-electron chi connectivity index (χ3n) is 3.02. The number of rotatable bonds is 2. The third-order valence-corrected chi connectivity index (χ3v) is 3.02. The lowest BCUT2D eigenvalue weighted by atomic mass is 10.0. The second-order valence-electron chi connectivity index (χ2n) is 4.20. The standard InChI is InChI=1S/C14H12N2O2/c1-18-12-5-4-9-6-11(3-2-10(9)7-12)13-8-14(17)16-15-13/h2-7H,8H2,1H3,(H,16,17). The first-order chi connectivity index (χ1) is 8.76. The Bertz CT molecular complexity index is 662. The van der Waals surface area contributed by atoms with Crippen LogP contribution in [0.3, 0.4) is 0 Å². The summed E-state index contributed by atoms with van der Waals surface area (Å²) in [6.45, 7) is 0. The van der Waals surface area contributed by atoms with Crippen molar-refractivity contribution in [2.45, 2.75) is 6.42 Å². The molecule has 0 aromatic heterocycles.